The van der Waals surface area contributed by atoms with Gasteiger partial charge >= 0.3 is 0 Å². The molecule has 1 heterocycles. The first-order chi connectivity index (χ1) is 12.7. The molecule has 0 radical (unpaired) electrons. The molecule has 132 valence electrons. The third kappa shape index (κ3) is 3.71. The summed E-state index contributed by atoms with van der Waals surface area (Å²) in [5, 5.41) is 0.712. The maximum absolute atomic E-state index is 5.92. The molecule has 1 aliphatic rings. The lowest BCUT2D eigenvalue weighted by Crippen LogP contribution is -2.22. The molecule has 0 saturated carbocycles. The van der Waals surface area contributed by atoms with E-state index in [9.17, 15) is 0 Å². The molecule has 1 aliphatic heterocycles. The Labute approximate surface area is 160 Å². The van der Waals surface area contributed by atoms with Crippen LogP contribution in [0.15, 0.2) is 72.8 Å². The van der Waals surface area contributed by atoms with E-state index in [4.69, 9.17) is 16.3 Å². The second-order valence-electron chi connectivity index (χ2n) is 6.82. The Hall–Kier alpha value is -2.45. The van der Waals surface area contributed by atoms with E-state index in [0.29, 0.717) is 11.1 Å². The number of ether oxygens (including phenoxy) is 1. The SMILES string of the molecule is Cc1cccc([C@H]2CCCN2c2ccc(Oc3ccc(Cl)cc3)cc2)c1. The molecule has 3 aromatic carbocycles. The summed E-state index contributed by atoms with van der Waals surface area (Å²) in [6.45, 7) is 3.25. The summed E-state index contributed by atoms with van der Waals surface area (Å²) in [6.07, 6.45) is 2.42. The fraction of sp³-hybridized carbons (Fsp3) is 0.217. The van der Waals surface area contributed by atoms with Crippen molar-refractivity contribution in [2.24, 2.45) is 0 Å². The van der Waals surface area contributed by atoms with Gasteiger partial charge in [0.1, 0.15) is 11.5 Å². The minimum atomic E-state index is 0.456. The molecular weight excluding hydrogens is 342 g/mol. The summed E-state index contributed by atoms with van der Waals surface area (Å²) in [7, 11) is 0. The molecule has 0 unspecified atom stereocenters. The van der Waals surface area contributed by atoms with Gasteiger partial charge in [0.05, 0.1) is 6.04 Å². The largest absolute Gasteiger partial charge is 0.457 e. The van der Waals surface area contributed by atoms with Crippen LogP contribution in [0.4, 0.5) is 5.69 Å². The van der Waals surface area contributed by atoms with E-state index in [1.807, 2.05) is 36.4 Å². The number of halogens is 1. The quantitative estimate of drug-likeness (QED) is 0.506. The van der Waals surface area contributed by atoms with Gasteiger partial charge in [0, 0.05) is 17.3 Å². The highest BCUT2D eigenvalue weighted by atomic mass is 35.5. The zero-order valence-electron chi connectivity index (χ0n) is 14.9. The summed E-state index contributed by atoms with van der Waals surface area (Å²) >= 11 is 5.92. The average molecular weight is 364 g/mol. The number of benzene rings is 3. The molecule has 1 fully saturated rings. The van der Waals surface area contributed by atoms with E-state index in [0.717, 1.165) is 18.0 Å². The lowest BCUT2D eigenvalue weighted by Gasteiger charge is -2.27. The Kier molecular flexibility index (Phi) is 4.85. The Morgan fingerprint density at radius 3 is 2.31 bits per heavy atom. The molecule has 26 heavy (non-hydrogen) atoms. The van der Waals surface area contributed by atoms with Gasteiger partial charge in [0.25, 0.3) is 0 Å². The standard InChI is InChI=1S/C23H22ClNO/c1-17-4-2-5-18(16-17)23-6-3-15-25(23)20-9-13-22(14-10-20)26-21-11-7-19(24)8-12-21/h2,4-5,7-14,16,23H,3,6,15H2,1H3/t23-/m1/s1. The minimum Gasteiger partial charge on any atom is -0.457 e. The van der Waals surface area contributed by atoms with Crippen LogP contribution in [0.3, 0.4) is 0 Å². The van der Waals surface area contributed by atoms with Crippen LogP contribution < -0.4 is 9.64 Å². The smallest absolute Gasteiger partial charge is 0.127 e. The minimum absolute atomic E-state index is 0.456. The number of aryl methyl sites for hydroxylation is 1. The second-order valence-corrected chi connectivity index (χ2v) is 7.25. The van der Waals surface area contributed by atoms with Crippen molar-refractivity contribution < 1.29 is 4.74 Å². The van der Waals surface area contributed by atoms with Crippen molar-refractivity contribution in [3.8, 4) is 11.5 Å². The number of anilines is 1. The molecule has 1 saturated heterocycles. The Bertz CT molecular complexity index is 873. The molecule has 0 amide bonds. The van der Waals surface area contributed by atoms with Gasteiger partial charge in [-0.2, -0.15) is 0 Å². The molecule has 0 aliphatic carbocycles. The molecule has 3 heteroatoms. The molecule has 0 N–H and O–H groups in total. The van der Waals surface area contributed by atoms with Gasteiger partial charge in [0.2, 0.25) is 0 Å². The van der Waals surface area contributed by atoms with Crippen molar-refractivity contribution in [1.29, 1.82) is 0 Å². The van der Waals surface area contributed by atoms with Crippen molar-refractivity contribution in [3.63, 3.8) is 0 Å². The Morgan fingerprint density at radius 1 is 0.923 bits per heavy atom. The number of nitrogens with zero attached hydrogens (tertiary/aromatic N) is 1. The highest BCUT2D eigenvalue weighted by Gasteiger charge is 2.26. The molecule has 0 aromatic heterocycles. The second kappa shape index (κ2) is 7.43. The van der Waals surface area contributed by atoms with Crippen LogP contribution in [0, 0.1) is 6.92 Å². The van der Waals surface area contributed by atoms with Gasteiger partial charge in [-0.25, -0.2) is 0 Å². The third-order valence-electron chi connectivity index (χ3n) is 4.90. The summed E-state index contributed by atoms with van der Waals surface area (Å²) in [4.78, 5) is 2.50. The van der Waals surface area contributed by atoms with Crippen molar-refractivity contribution in [2.45, 2.75) is 25.8 Å². The first-order valence-corrected chi connectivity index (χ1v) is 9.43. The fourth-order valence-electron chi connectivity index (χ4n) is 3.64. The number of hydrogen-bond donors (Lipinski definition) is 0. The summed E-state index contributed by atoms with van der Waals surface area (Å²) in [6, 6.07) is 25.1. The normalized spacial score (nSPS) is 16.7. The van der Waals surface area contributed by atoms with E-state index < -0.39 is 0 Å². The monoisotopic (exact) mass is 363 g/mol. The van der Waals surface area contributed by atoms with E-state index in [1.54, 1.807) is 0 Å². The fourth-order valence-corrected chi connectivity index (χ4v) is 3.77. The maximum Gasteiger partial charge on any atom is 0.127 e. The van der Waals surface area contributed by atoms with Gasteiger partial charge in [-0.05, 0) is 73.9 Å². The van der Waals surface area contributed by atoms with E-state index in [2.05, 4.69) is 48.2 Å². The predicted octanol–water partition coefficient (Wildman–Crippen LogP) is 6.78. The van der Waals surface area contributed by atoms with Crippen LogP contribution in [0.5, 0.6) is 11.5 Å². The van der Waals surface area contributed by atoms with Crippen LogP contribution in [-0.4, -0.2) is 6.54 Å². The molecule has 1 atom stereocenters. The van der Waals surface area contributed by atoms with E-state index in [-0.39, 0.29) is 0 Å². The topological polar surface area (TPSA) is 12.5 Å². The van der Waals surface area contributed by atoms with Crippen LogP contribution >= 0.6 is 11.6 Å². The van der Waals surface area contributed by atoms with Crippen molar-refractivity contribution in [2.75, 3.05) is 11.4 Å². The summed E-state index contributed by atoms with van der Waals surface area (Å²) in [5.41, 5.74) is 3.97. The van der Waals surface area contributed by atoms with Gasteiger partial charge in [-0.1, -0.05) is 41.4 Å². The van der Waals surface area contributed by atoms with Crippen molar-refractivity contribution in [3.05, 3.63) is 88.9 Å². The molecule has 0 spiro atoms. The van der Waals surface area contributed by atoms with Crippen LogP contribution in [-0.2, 0) is 0 Å². The van der Waals surface area contributed by atoms with Crippen LogP contribution in [0.2, 0.25) is 5.02 Å². The maximum atomic E-state index is 5.92. The Balaban J connectivity index is 1.51. The predicted molar refractivity (Wildman–Crippen MR) is 108 cm³/mol. The number of hydrogen-bond acceptors (Lipinski definition) is 2. The molecular formula is C23H22ClNO. The molecule has 3 aromatic rings. The van der Waals surface area contributed by atoms with Crippen molar-refractivity contribution >= 4 is 17.3 Å². The zero-order valence-corrected chi connectivity index (χ0v) is 15.6. The van der Waals surface area contributed by atoms with Gasteiger partial charge in [0.15, 0.2) is 0 Å². The third-order valence-corrected chi connectivity index (χ3v) is 5.15. The van der Waals surface area contributed by atoms with E-state index in [1.165, 1.54) is 29.7 Å². The average Bonchev–Trinajstić information content (AvgIpc) is 3.14. The highest BCUT2D eigenvalue weighted by molar-refractivity contribution is 6.30. The first-order valence-electron chi connectivity index (χ1n) is 9.06. The summed E-state index contributed by atoms with van der Waals surface area (Å²) in [5.74, 6) is 1.63. The lowest BCUT2D eigenvalue weighted by molar-refractivity contribution is 0.482. The lowest BCUT2D eigenvalue weighted by atomic mass is 10.0. The number of rotatable bonds is 4. The van der Waals surface area contributed by atoms with Crippen molar-refractivity contribution in [1.82, 2.24) is 0 Å². The highest BCUT2D eigenvalue weighted by Crippen LogP contribution is 2.37. The van der Waals surface area contributed by atoms with Gasteiger partial charge in [-0.15, -0.1) is 0 Å². The van der Waals surface area contributed by atoms with Gasteiger partial charge < -0.3 is 9.64 Å². The molecule has 4 rings (SSSR count). The summed E-state index contributed by atoms with van der Waals surface area (Å²) < 4.78 is 5.90. The Morgan fingerprint density at radius 2 is 1.62 bits per heavy atom. The zero-order chi connectivity index (χ0) is 17.9. The van der Waals surface area contributed by atoms with Gasteiger partial charge in [-0.3, -0.25) is 0 Å². The molecule has 0 bridgehead atoms. The van der Waals surface area contributed by atoms with E-state index >= 15 is 0 Å². The van der Waals surface area contributed by atoms with Crippen LogP contribution in [0.1, 0.15) is 30.0 Å². The molecule has 2 nitrogen and oxygen atoms in total. The van der Waals surface area contributed by atoms with Crippen LogP contribution in [0.25, 0.3) is 0 Å². The first kappa shape index (κ1) is 17.0.